The number of thiazole rings is 1. The number of hydrogen-bond acceptors (Lipinski definition) is 4. The lowest BCUT2D eigenvalue weighted by Gasteiger charge is -2.37. The van der Waals surface area contributed by atoms with Crippen molar-refractivity contribution >= 4 is 11.3 Å². The van der Waals surface area contributed by atoms with Crippen LogP contribution in [0, 0.1) is 0 Å². The highest BCUT2D eigenvalue weighted by atomic mass is 32.1. The minimum atomic E-state index is -0.441. The van der Waals surface area contributed by atoms with Crippen LogP contribution in [0.3, 0.4) is 0 Å². The number of aliphatic hydroxyl groups is 1. The van der Waals surface area contributed by atoms with Crippen LogP contribution in [0.25, 0.3) is 0 Å². The normalized spacial score (nSPS) is 28.9. The van der Waals surface area contributed by atoms with Crippen molar-refractivity contribution in [2.75, 3.05) is 6.61 Å². The van der Waals surface area contributed by atoms with E-state index in [4.69, 9.17) is 4.74 Å². The number of nitrogens with zero attached hydrogens (tertiary/aromatic N) is 1. The van der Waals surface area contributed by atoms with Crippen molar-refractivity contribution in [2.45, 2.75) is 44.3 Å². The van der Waals surface area contributed by atoms with E-state index in [-0.39, 0.29) is 5.60 Å². The van der Waals surface area contributed by atoms with Crippen LogP contribution >= 0.6 is 11.3 Å². The minimum Gasteiger partial charge on any atom is -0.390 e. The number of ether oxygens (including phenoxy) is 1. The van der Waals surface area contributed by atoms with Crippen LogP contribution in [0.15, 0.2) is 11.6 Å². The summed E-state index contributed by atoms with van der Waals surface area (Å²) in [7, 11) is 0. The predicted molar refractivity (Wildman–Crippen MR) is 60.0 cm³/mol. The van der Waals surface area contributed by atoms with Crippen molar-refractivity contribution in [1.29, 1.82) is 0 Å². The minimum absolute atomic E-state index is 0.371. The molecule has 1 aliphatic rings. The second-order valence-corrected chi connectivity index (χ2v) is 5.24. The Morgan fingerprint density at radius 2 is 2.53 bits per heavy atom. The Kier molecular flexibility index (Phi) is 3.38. The maximum Gasteiger partial charge on any atom is 0.0951 e. The molecule has 4 heteroatoms. The molecule has 0 bridgehead atoms. The van der Waals surface area contributed by atoms with Crippen LogP contribution in [0.4, 0.5) is 0 Å². The molecule has 0 aliphatic carbocycles. The zero-order chi connectivity index (χ0) is 10.7. The van der Waals surface area contributed by atoms with E-state index in [9.17, 15) is 5.11 Å². The molecular formula is C11H17NO2S. The Hall–Kier alpha value is -0.450. The molecule has 84 valence electrons. The van der Waals surface area contributed by atoms with Gasteiger partial charge in [0, 0.05) is 24.6 Å². The van der Waals surface area contributed by atoms with Gasteiger partial charge in [0.2, 0.25) is 0 Å². The summed E-state index contributed by atoms with van der Waals surface area (Å²) in [5.41, 5.74) is -0.371. The Labute approximate surface area is 94.1 Å². The van der Waals surface area contributed by atoms with Gasteiger partial charge in [0.1, 0.15) is 0 Å². The first-order chi connectivity index (χ1) is 7.21. The number of aliphatic hydroxyl groups excluding tert-OH is 1. The van der Waals surface area contributed by atoms with Gasteiger partial charge < -0.3 is 9.84 Å². The summed E-state index contributed by atoms with van der Waals surface area (Å²) in [6.45, 7) is 2.77. The molecule has 1 saturated heterocycles. The fourth-order valence-electron chi connectivity index (χ4n) is 1.95. The molecule has 0 amide bonds. The van der Waals surface area contributed by atoms with Crippen molar-refractivity contribution < 1.29 is 9.84 Å². The van der Waals surface area contributed by atoms with Gasteiger partial charge in [0.25, 0.3) is 0 Å². The molecule has 3 nitrogen and oxygen atoms in total. The number of hydrogen-bond donors (Lipinski definition) is 1. The third-order valence-corrected chi connectivity index (χ3v) is 3.86. The molecule has 1 aliphatic heterocycles. The molecule has 1 fully saturated rings. The molecule has 1 N–H and O–H groups in total. The van der Waals surface area contributed by atoms with E-state index >= 15 is 0 Å². The smallest absolute Gasteiger partial charge is 0.0951 e. The molecule has 0 radical (unpaired) electrons. The van der Waals surface area contributed by atoms with Crippen LogP contribution in [0.5, 0.6) is 0 Å². The fraction of sp³-hybridized carbons (Fsp3) is 0.727. The van der Waals surface area contributed by atoms with E-state index in [0.29, 0.717) is 6.42 Å². The molecule has 0 aromatic carbocycles. The standard InChI is InChI=1S/C11H17NO2S/c1-11(4-2-3-6-14-11)9(13)8-10-12-5-7-15-10/h5,7,9,13H,2-4,6,8H2,1H3. The molecule has 2 rings (SSSR count). The van der Waals surface area contributed by atoms with Gasteiger partial charge in [-0.15, -0.1) is 11.3 Å². The summed E-state index contributed by atoms with van der Waals surface area (Å²) >= 11 is 1.59. The highest BCUT2D eigenvalue weighted by Crippen LogP contribution is 2.29. The lowest BCUT2D eigenvalue weighted by Crippen LogP contribution is -2.45. The Bertz CT molecular complexity index is 294. The summed E-state index contributed by atoms with van der Waals surface area (Å²) in [6.07, 6.45) is 5.14. The molecule has 2 heterocycles. The number of aromatic nitrogens is 1. The maximum atomic E-state index is 10.1. The van der Waals surface area contributed by atoms with Gasteiger partial charge in [0.05, 0.1) is 16.7 Å². The van der Waals surface area contributed by atoms with Gasteiger partial charge in [-0.2, -0.15) is 0 Å². The molecule has 0 saturated carbocycles. The topological polar surface area (TPSA) is 42.4 Å². The van der Waals surface area contributed by atoms with E-state index in [1.165, 1.54) is 0 Å². The maximum absolute atomic E-state index is 10.1. The quantitative estimate of drug-likeness (QED) is 0.859. The van der Waals surface area contributed by atoms with Gasteiger partial charge in [0.15, 0.2) is 0 Å². The largest absolute Gasteiger partial charge is 0.390 e. The average Bonchev–Trinajstić information content (AvgIpc) is 2.71. The lowest BCUT2D eigenvalue weighted by molar-refractivity contribution is -0.135. The summed E-state index contributed by atoms with van der Waals surface area (Å²) in [5.74, 6) is 0. The van der Waals surface area contributed by atoms with Gasteiger partial charge in [-0.25, -0.2) is 4.98 Å². The first kappa shape index (κ1) is 11.0. The molecule has 2 atom stereocenters. The average molecular weight is 227 g/mol. The third kappa shape index (κ3) is 2.56. The molecule has 2 unspecified atom stereocenters. The van der Waals surface area contributed by atoms with Gasteiger partial charge in [-0.1, -0.05) is 0 Å². The van der Waals surface area contributed by atoms with E-state index in [1.807, 2.05) is 12.3 Å². The lowest BCUT2D eigenvalue weighted by atomic mass is 9.88. The van der Waals surface area contributed by atoms with E-state index in [2.05, 4.69) is 4.98 Å². The molecule has 1 aromatic heterocycles. The van der Waals surface area contributed by atoms with Crippen molar-refractivity contribution in [1.82, 2.24) is 4.98 Å². The Morgan fingerprint density at radius 3 is 3.13 bits per heavy atom. The van der Waals surface area contributed by atoms with E-state index in [1.54, 1.807) is 17.5 Å². The number of rotatable bonds is 3. The second-order valence-electron chi connectivity index (χ2n) is 4.26. The summed E-state index contributed by atoms with van der Waals surface area (Å²) in [5, 5.41) is 13.1. The first-order valence-electron chi connectivity index (χ1n) is 5.41. The monoisotopic (exact) mass is 227 g/mol. The van der Waals surface area contributed by atoms with Crippen LogP contribution in [0.1, 0.15) is 31.2 Å². The van der Waals surface area contributed by atoms with Crippen LogP contribution in [0.2, 0.25) is 0 Å². The van der Waals surface area contributed by atoms with E-state index in [0.717, 1.165) is 30.9 Å². The first-order valence-corrected chi connectivity index (χ1v) is 6.29. The Balaban J connectivity index is 1.97. The van der Waals surface area contributed by atoms with Crippen LogP contribution < -0.4 is 0 Å². The molecule has 1 aromatic rings. The zero-order valence-corrected chi connectivity index (χ0v) is 9.80. The Morgan fingerprint density at radius 1 is 1.67 bits per heavy atom. The van der Waals surface area contributed by atoms with Gasteiger partial charge in [-0.3, -0.25) is 0 Å². The summed E-state index contributed by atoms with van der Waals surface area (Å²) < 4.78 is 5.70. The van der Waals surface area contributed by atoms with E-state index < -0.39 is 6.10 Å². The van der Waals surface area contributed by atoms with Crippen LogP contribution in [-0.4, -0.2) is 28.4 Å². The zero-order valence-electron chi connectivity index (χ0n) is 8.98. The summed E-state index contributed by atoms with van der Waals surface area (Å²) in [6, 6.07) is 0. The van der Waals surface area contributed by atoms with Gasteiger partial charge >= 0.3 is 0 Å². The molecule has 0 spiro atoms. The highest BCUT2D eigenvalue weighted by molar-refractivity contribution is 7.09. The van der Waals surface area contributed by atoms with Crippen molar-refractivity contribution in [3.8, 4) is 0 Å². The van der Waals surface area contributed by atoms with Crippen LogP contribution in [-0.2, 0) is 11.2 Å². The second kappa shape index (κ2) is 4.60. The van der Waals surface area contributed by atoms with Crippen molar-refractivity contribution in [3.63, 3.8) is 0 Å². The molecular weight excluding hydrogens is 210 g/mol. The summed E-state index contributed by atoms with van der Waals surface area (Å²) in [4.78, 5) is 4.19. The highest BCUT2D eigenvalue weighted by Gasteiger charge is 2.35. The van der Waals surface area contributed by atoms with Crippen molar-refractivity contribution in [2.24, 2.45) is 0 Å². The van der Waals surface area contributed by atoms with Crippen molar-refractivity contribution in [3.05, 3.63) is 16.6 Å². The predicted octanol–water partition coefficient (Wildman–Crippen LogP) is 2.01. The fourth-order valence-corrected chi connectivity index (χ4v) is 2.61. The SMILES string of the molecule is CC1(C(O)Cc2nccs2)CCCCO1. The third-order valence-electron chi connectivity index (χ3n) is 3.06. The molecule has 15 heavy (non-hydrogen) atoms. The van der Waals surface area contributed by atoms with Gasteiger partial charge in [-0.05, 0) is 26.2 Å².